The molecule has 0 unspecified atom stereocenters. The summed E-state index contributed by atoms with van der Waals surface area (Å²) in [7, 11) is 1.67. The van der Waals surface area contributed by atoms with Crippen LogP contribution >= 0.6 is 11.6 Å². The van der Waals surface area contributed by atoms with Gasteiger partial charge >= 0.3 is 6.18 Å². The highest BCUT2D eigenvalue weighted by Gasteiger charge is 2.42. The highest BCUT2D eigenvalue weighted by molar-refractivity contribution is 6.30. The van der Waals surface area contributed by atoms with Gasteiger partial charge in [-0.2, -0.15) is 13.2 Å². The van der Waals surface area contributed by atoms with Gasteiger partial charge in [0.1, 0.15) is 11.6 Å². The van der Waals surface area contributed by atoms with Crippen molar-refractivity contribution in [1.29, 1.82) is 0 Å². The minimum Gasteiger partial charge on any atom is -0.381 e. The molecule has 1 aromatic carbocycles. The lowest BCUT2D eigenvalue weighted by molar-refractivity contribution is -0.182. The number of fused-ring (bicyclic) bond motifs is 3. The van der Waals surface area contributed by atoms with Crippen LogP contribution in [0.25, 0.3) is 5.69 Å². The molecule has 2 aromatic rings. The molecule has 1 aliphatic carbocycles. The first kappa shape index (κ1) is 18.7. The van der Waals surface area contributed by atoms with Crippen molar-refractivity contribution in [2.45, 2.75) is 56.7 Å². The third-order valence-corrected chi connectivity index (χ3v) is 6.02. The minimum absolute atomic E-state index is 0.0209. The van der Waals surface area contributed by atoms with Gasteiger partial charge in [-0.25, -0.2) is 0 Å². The minimum atomic E-state index is -4.11. The van der Waals surface area contributed by atoms with Crippen LogP contribution < -0.4 is 0 Å². The third-order valence-electron chi connectivity index (χ3n) is 5.78. The zero-order chi connectivity index (χ0) is 19.2. The highest BCUT2D eigenvalue weighted by Crippen LogP contribution is 2.43. The molecule has 1 saturated carbocycles. The van der Waals surface area contributed by atoms with Gasteiger partial charge in [0.15, 0.2) is 0 Å². The van der Waals surface area contributed by atoms with Crippen LogP contribution in [0.15, 0.2) is 18.2 Å². The number of hydrogen-bond acceptors (Lipinski definition) is 3. The van der Waals surface area contributed by atoms with E-state index >= 15 is 0 Å². The summed E-state index contributed by atoms with van der Waals surface area (Å²) < 4.78 is 46.6. The van der Waals surface area contributed by atoms with Crippen LogP contribution in [0.3, 0.4) is 0 Å². The molecule has 2 aliphatic rings. The number of aromatic nitrogens is 3. The van der Waals surface area contributed by atoms with Gasteiger partial charge in [-0.1, -0.05) is 11.6 Å². The fourth-order valence-electron chi connectivity index (χ4n) is 4.29. The normalized spacial score (nSPS) is 25.6. The van der Waals surface area contributed by atoms with Gasteiger partial charge in [0.2, 0.25) is 0 Å². The van der Waals surface area contributed by atoms with E-state index in [0.717, 1.165) is 22.9 Å². The summed E-state index contributed by atoms with van der Waals surface area (Å²) in [4.78, 5) is 0. The van der Waals surface area contributed by atoms with E-state index in [1.54, 1.807) is 7.11 Å². The maximum Gasteiger partial charge on any atom is 0.391 e. The van der Waals surface area contributed by atoms with Gasteiger partial charge < -0.3 is 4.74 Å². The number of ether oxygens (including phenoxy) is 1. The van der Waals surface area contributed by atoms with E-state index in [2.05, 4.69) is 10.2 Å². The highest BCUT2D eigenvalue weighted by atomic mass is 35.5. The molecular weight excluding hydrogens is 379 g/mol. The van der Waals surface area contributed by atoms with Crippen LogP contribution in [0, 0.1) is 5.92 Å². The molecule has 4 nitrogen and oxygen atoms in total. The zero-order valence-corrected chi connectivity index (χ0v) is 15.7. The fourth-order valence-corrected chi connectivity index (χ4v) is 4.49. The molecule has 1 fully saturated rings. The first-order chi connectivity index (χ1) is 12.9. The van der Waals surface area contributed by atoms with Crippen molar-refractivity contribution >= 4 is 11.6 Å². The molecule has 0 amide bonds. The SMILES string of the molecule is CO[C@H]1Cc2cc(Cl)ccc2-n2c(nnc2C2CCC(C(F)(F)F)CC2)C1. The molecule has 0 radical (unpaired) electrons. The summed E-state index contributed by atoms with van der Waals surface area (Å²) in [5.74, 6) is 0.318. The molecule has 0 saturated heterocycles. The Bertz CT molecular complexity index is 828. The van der Waals surface area contributed by atoms with Crippen molar-refractivity contribution < 1.29 is 17.9 Å². The number of methoxy groups -OCH3 is 1. The van der Waals surface area contributed by atoms with Crippen molar-refractivity contribution in [2.24, 2.45) is 5.92 Å². The Balaban J connectivity index is 1.69. The van der Waals surface area contributed by atoms with Crippen LogP contribution in [-0.2, 0) is 17.6 Å². The second-order valence-electron chi connectivity index (χ2n) is 7.44. The number of halogens is 4. The predicted octanol–water partition coefficient (Wildman–Crippen LogP) is 4.87. The Labute approximate surface area is 160 Å². The standard InChI is InChI=1S/C19H21ClF3N3O/c1-27-15-9-12-8-14(20)6-7-16(12)26-17(10-15)24-25-18(26)11-2-4-13(5-3-11)19(21,22)23/h6-8,11,13,15H,2-5,9-10H2,1H3/t11?,13?,15-/m0/s1. The van der Waals surface area contributed by atoms with Crippen molar-refractivity contribution in [3.05, 3.63) is 40.4 Å². The van der Waals surface area contributed by atoms with Gasteiger partial charge in [0.25, 0.3) is 0 Å². The molecule has 0 N–H and O–H groups in total. The van der Waals surface area contributed by atoms with Gasteiger partial charge in [0, 0.05) is 30.9 Å². The second-order valence-corrected chi connectivity index (χ2v) is 7.88. The van der Waals surface area contributed by atoms with E-state index in [1.807, 2.05) is 22.8 Å². The maximum atomic E-state index is 13.0. The maximum absolute atomic E-state index is 13.0. The summed E-state index contributed by atoms with van der Waals surface area (Å²) in [6, 6.07) is 5.68. The van der Waals surface area contributed by atoms with Crippen molar-refractivity contribution in [3.8, 4) is 5.69 Å². The van der Waals surface area contributed by atoms with Gasteiger partial charge in [-0.15, -0.1) is 10.2 Å². The number of rotatable bonds is 2. The van der Waals surface area contributed by atoms with E-state index < -0.39 is 12.1 Å². The molecule has 1 aliphatic heterocycles. The lowest BCUT2D eigenvalue weighted by Crippen LogP contribution is -2.28. The molecule has 1 atom stereocenters. The topological polar surface area (TPSA) is 39.9 Å². The number of alkyl halides is 3. The monoisotopic (exact) mass is 399 g/mol. The number of benzene rings is 1. The van der Waals surface area contributed by atoms with Crippen LogP contribution in [0.4, 0.5) is 13.2 Å². The Morgan fingerprint density at radius 2 is 1.85 bits per heavy atom. The third kappa shape index (κ3) is 3.59. The van der Waals surface area contributed by atoms with Crippen LogP contribution in [-0.4, -0.2) is 34.2 Å². The van der Waals surface area contributed by atoms with Crippen molar-refractivity contribution in [1.82, 2.24) is 14.8 Å². The molecular formula is C19H21ClF3N3O. The van der Waals surface area contributed by atoms with Crippen molar-refractivity contribution in [2.75, 3.05) is 7.11 Å². The van der Waals surface area contributed by atoms with Gasteiger partial charge in [-0.3, -0.25) is 4.57 Å². The summed E-state index contributed by atoms with van der Waals surface area (Å²) in [5, 5.41) is 9.39. The quantitative estimate of drug-likeness (QED) is 0.723. The first-order valence-corrected chi connectivity index (χ1v) is 9.57. The average molecular weight is 400 g/mol. The Morgan fingerprint density at radius 1 is 1.11 bits per heavy atom. The summed E-state index contributed by atoms with van der Waals surface area (Å²) >= 11 is 6.18. The molecule has 0 spiro atoms. The summed E-state index contributed by atoms with van der Waals surface area (Å²) in [5.41, 5.74) is 1.99. The molecule has 27 heavy (non-hydrogen) atoms. The second kappa shape index (κ2) is 7.09. The van der Waals surface area contributed by atoms with Crippen LogP contribution in [0.1, 0.15) is 48.8 Å². The lowest BCUT2D eigenvalue weighted by atomic mass is 9.81. The fraction of sp³-hybridized carbons (Fsp3) is 0.579. The van der Waals surface area contributed by atoms with Gasteiger partial charge in [0.05, 0.1) is 17.7 Å². The van der Waals surface area contributed by atoms with Crippen LogP contribution in [0.2, 0.25) is 5.02 Å². The van der Waals surface area contributed by atoms with E-state index in [9.17, 15) is 13.2 Å². The molecule has 2 heterocycles. The smallest absolute Gasteiger partial charge is 0.381 e. The molecule has 4 rings (SSSR count). The van der Waals surface area contributed by atoms with E-state index in [4.69, 9.17) is 16.3 Å². The zero-order valence-electron chi connectivity index (χ0n) is 15.0. The Kier molecular flexibility index (Phi) is 4.93. The molecule has 1 aromatic heterocycles. The summed E-state index contributed by atoms with van der Waals surface area (Å²) in [6.07, 6.45) is -1.61. The first-order valence-electron chi connectivity index (χ1n) is 9.19. The summed E-state index contributed by atoms with van der Waals surface area (Å²) in [6.45, 7) is 0. The number of hydrogen-bond donors (Lipinski definition) is 0. The van der Waals surface area contributed by atoms with Crippen molar-refractivity contribution in [3.63, 3.8) is 0 Å². The van der Waals surface area contributed by atoms with E-state index in [-0.39, 0.29) is 24.9 Å². The lowest BCUT2D eigenvalue weighted by Gasteiger charge is -2.29. The van der Waals surface area contributed by atoms with Gasteiger partial charge in [-0.05, 0) is 49.4 Å². The molecule has 146 valence electrons. The largest absolute Gasteiger partial charge is 0.391 e. The average Bonchev–Trinajstić information content (AvgIpc) is 2.97. The molecule has 0 bridgehead atoms. The predicted molar refractivity (Wildman–Crippen MR) is 95.3 cm³/mol. The number of nitrogens with zero attached hydrogens (tertiary/aromatic N) is 3. The Morgan fingerprint density at radius 3 is 2.52 bits per heavy atom. The molecule has 8 heteroatoms. The van der Waals surface area contributed by atoms with E-state index in [1.165, 1.54) is 0 Å². The van der Waals surface area contributed by atoms with E-state index in [0.29, 0.717) is 30.7 Å². The van der Waals surface area contributed by atoms with Crippen LogP contribution in [0.5, 0.6) is 0 Å². The Hall–Kier alpha value is -1.60.